The number of pyridine rings is 1. The van der Waals surface area contributed by atoms with Crippen LogP contribution in [0.1, 0.15) is 5.56 Å². The predicted octanol–water partition coefficient (Wildman–Crippen LogP) is 11.7. The largest absolute Gasteiger partial charge is 0.305 e. The van der Waals surface area contributed by atoms with E-state index in [1.807, 2.05) is 0 Å². The molecule has 0 N–H and O–H groups in total. The number of nitrogens with zero attached hydrogens (tertiary/aromatic N) is 6. The summed E-state index contributed by atoms with van der Waals surface area (Å²) in [6, 6.07) is 93.9. The number of benzene rings is 10. The van der Waals surface area contributed by atoms with Gasteiger partial charge in [0, 0.05) is 44.3 Å². The molecule has 10 aromatic carbocycles. The molecule has 0 saturated carbocycles. The number of hydrogen-bond donors (Lipinski definition) is 0. The first-order valence-corrected chi connectivity index (χ1v) is 25.3. The lowest BCUT2D eigenvalue weighted by Crippen LogP contribution is -2.57. The molecule has 8 heteroatoms. The van der Waals surface area contributed by atoms with E-state index < -0.39 is 0 Å². The second-order valence-electron chi connectivity index (χ2n) is 19.3. The molecule has 6 nitrogen and oxygen atoms in total. The topological polar surface area (TPSA) is 53.0 Å². The van der Waals surface area contributed by atoms with Gasteiger partial charge in [0.15, 0.2) is 11.6 Å². The molecule has 0 amide bonds. The summed E-state index contributed by atoms with van der Waals surface area (Å²) < 4.78 is 4.62. The Morgan fingerprint density at radius 2 is 0.581 bits per heavy atom. The van der Waals surface area contributed by atoms with Crippen LogP contribution in [0.15, 0.2) is 255 Å². The third-order valence-corrected chi connectivity index (χ3v) is 15.5. The molecule has 0 aliphatic carbocycles. The Balaban J connectivity index is 1.16. The van der Waals surface area contributed by atoms with E-state index in [9.17, 15) is 5.26 Å². The summed E-state index contributed by atoms with van der Waals surface area (Å²) in [6.07, 6.45) is 0. The molecule has 3 aromatic heterocycles. The third kappa shape index (κ3) is 6.04. The summed E-state index contributed by atoms with van der Waals surface area (Å²) >= 11 is 0. The molecule has 0 radical (unpaired) electrons. The maximum Gasteiger partial charge on any atom is 0.246 e. The number of hydrogen-bond acceptors (Lipinski definition) is 4. The zero-order valence-electron chi connectivity index (χ0n) is 40.1. The molecule has 2 aliphatic heterocycles. The van der Waals surface area contributed by atoms with E-state index in [-0.39, 0.29) is 13.4 Å². The lowest BCUT2D eigenvalue weighted by atomic mass is 9.35. The molecule has 2 aliphatic rings. The van der Waals surface area contributed by atoms with Crippen LogP contribution in [0.3, 0.4) is 0 Å². The van der Waals surface area contributed by atoms with Gasteiger partial charge < -0.3 is 9.13 Å². The Morgan fingerprint density at radius 3 is 0.892 bits per heavy atom. The normalized spacial score (nSPS) is 12.7. The van der Waals surface area contributed by atoms with Crippen molar-refractivity contribution in [3.05, 3.63) is 260 Å². The van der Waals surface area contributed by atoms with Crippen LogP contribution >= 0.6 is 0 Å². The van der Waals surface area contributed by atoms with Crippen molar-refractivity contribution in [2.45, 2.75) is 0 Å². The molecular formula is C66H42B2N6. The lowest BCUT2D eigenvalue weighted by molar-refractivity contribution is 1.03. The van der Waals surface area contributed by atoms with Gasteiger partial charge in [-0.1, -0.05) is 217 Å². The highest BCUT2D eigenvalue weighted by Gasteiger charge is 2.42. The van der Waals surface area contributed by atoms with Crippen molar-refractivity contribution in [2.75, 3.05) is 9.80 Å². The zero-order chi connectivity index (χ0) is 48.9. The minimum absolute atomic E-state index is 0.0564. The fourth-order valence-corrected chi connectivity index (χ4v) is 12.5. The summed E-state index contributed by atoms with van der Waals surface area (Å²) in [4.78, 5) is 11.0. The van der Waals surface area contributed by atoms with Crippen molar-refractivity contribution in [3.8, 4) is 17.4 Å². The number of para-hydroxylation sites is 8. The average molecular weight is 941 g/mol. The third-order valence-electron chi connectivity index (χ3n) is 15.5. The minimum atomic E-state index is -0.0564. The molecule has 0 fully saturated rings. The van der Waals surface area contributed by atoms with Crippen LogP contribution in [-0.2, 0) is 0 Å². The first-order chi connectivity index (χ1) is 36.8. The smallest absolute Gasteiger partial charge is 0.246 e. The molecular weight excluding hydrogens is 898 g/mol. The van der Waals surface area contributed by atoms with E-state index >= 15 is 0 Å². The van der Waals surface area contributed by atoms with E-state index in [2.05, 4.69) is 280 Å². The molecule has 0 atom stereocenters. The monoisotopic (exact) mass is 940 g/mol. The van der Waals surface area contributed by atoms with Gasteiger partial charge >= 0.3 is 0 Å². The van der Waals surface area contributed by atoms with Crippen LogP contribution in [0, 0.1) is 11.3 Å². The first kappa shape index (κ1) is 41.9. The molecule has 0 spiro atoms. The van der Waals surface area contributed by atoms with Crippen molar-refractivity contribution in [3.63, 3.8) is 0 Å². The molecule has 342 valence electrons. The lowest BCUT2D eigenvalue weighted by Gasteiger charge is -2.40. The standard InChI is InChI=1S/C66H42B2N6/c69-43-50-63(71-55-35-15-7-27-46(55)47-28-8-16-36-56(47)71)65(73-59-39-19-11-31-51(59)67(44-23-3-1-4-24-44)52-32-12-20-40-60(52)73)70-66(64(50)72-57-37-17-9-29-48(57)49-30-10-18-38-58(49)72)74-61-41-21-13-33-53(61)68(45-25-5-2-6-26-45)54-34-14-22-42-62(54)74/h1-42H. The summed E-state index contributed by atoms with van der Waals surface area (Å²) in [7, 11) is 0. The van der Waals surface area contributed by atoms with E-state index in [1.54, 1.807) is 0 Å². The molecule has 0 unspecified atom stereocenters. The highest BCUT2D eigenvalue weighted by molar-refractivity contribution is 6.98. The van der Waals surface area contributed by atoms with Crippen LogP contribution < -0.4 is 42.6 Å². The Bertz CT molecular complexity index is 3960. The Morgan fingerprint density at radius 1 is 0.311 bits per heavy atom. The quantitative estimate of drug-likeness (QED) is 0.156. The average Bonchev–Trinajstić information content (AvgIpc) is 4.02. The first-order valence-electron chi connectivity index (χ1n) is 25.3. The summed E-state index contributed by atoms with van der Waals surface area (Å²) in [6.45, 7) is -0.113. The predicted molar refractivity (Wildman–Crippen MR) is 309 cm³/mol. The van der Waals surface area contributed by atoms with Crippen LogP contribution in [0.25, 0.3) is 55.0 Å². The highest BCUT2D eigenvalue weighted by Crippen LogP contribution is 2.50. The summed E-state index contributed by atoms with van der Waals surface area (Å²) in [5.74, 6) is 1.28. The number of nitriles is 1. The van der Waals surface area contributed by atoms with Crippen molar-refractivity contribution < 1.29 is 0 Å². The van der Waals surface area contributed by atoms with Gasteiger partial charge in [-0.15, -0.1) is 0 Å². The van der Waals surface area contributed by atoms with Crippen LogP contribution in [0.4, 0.5) is 34.4 Å². The van der Waals surface area contributed by atoms with E-state index in [0.29, 0.717) is 28.6 Å². The van der Waals surface area contributed by atoms with Gasteiger partial charge in [-0.3, -0.25) is 9.80 Å². The van der Waals surface area contributed by atoms with Gasteiger partial charge in [0.1, 0.15) is 23.0 Å². The summed E-state index contributed by atoms with van der Waals surface area (Å²) in [5, 5.41) is 17.0. The van der Waals surface area contributed by atoms with Crippen molar-refractivity contribution in [2.24, 2.45) is 0 Å². The van der Waals surface area contributed by atoms with E-state index in [0.717, 1.165) is 88.2 Å². The van der Waals surface area contributed by atoms with Gasteiger partial charge in [0.25, 0.3) is 0 Å². The van der Waals surface area contributed by atoms with Gasteiger partial charge in [-0.05, 0) is 70.4 Å². The van der Waals surface area contributed by atoms with Crippen LogP contribution in [0.5, 0.6) is 0 Å². The molecule has 15 rings (SSSR count). The van der Waals surface area contributed by atoms with Gasteiger partial charge in [-0.25, -0.2) is 4.98 Å². The second kappa shape index (κ2) is 16.6. The van der Waals surface area contributed by atoms with Gasteiger partial charge in [0.2, 0.25) is 13.4 Å². The number of aromatic nitrogens is 3. The van der Waals surface area contributed by atoms with Crippen LogP contribution in [0.2, 0.25) is 0 Å². The molecule has 74 heavy (non-hydrogen) atoms. The SMILES string of the molecule is N#Cc1c(-n2c3ccccc3c3ccccc32)c(N2c3ccccc3B(c3ccccc3)c3ccccc32)nc(N2c3ccccc3B(c3ccccc3)c3ccccc32)c1-n1c2ccccc2c2ccccc21. The number of fused-ring (bicyclic) bond motifs is 10. The molecule has 0 saturated heterocycles. The molecule has 13 aromatic rings. The fraction of sp³-hybridized carbons (Fsp3) is 0. The minimum Gasteiger partial charge on any atom is -0.305 e. The molecule has 5 heterocycles. The van der Waals surface area contributed by atoms with Crippen molar-refractivity contribution in [1.29, 1.82) is 5.26 Å². The fourth-order valence-electron chi connectivity index (χ4n) is 12.5. The Hall–Kier alpha value is -9.83. The van der Waals surface area contributed by atoms with E-state index in [4.69, 9.17) is 4.98 Å². The number of anilines is 6. The second-order valence-corrected chi connectivity index (χ2v) is 19.3. The van der Waals surface area contributed by atoms with Gasteiger partial charge in [0.05, 0.1) is 22.1 Å². The van der Waals surface area contributed by atoms with Gasteiger partial charge in [-0.2, -0.15) is 5.26 Å². The van der Waals surface area contributed by atoms with Crippen LogP contribution in [-0.4, -0.2) is 27.5 Å². The maximum atomic E-state index is 12.7. The Kier molecular flexibility index (Phi) is 9.42. The number of rotatable bonds is 6. The van der Waals surface area contributed by atoms with Crippen molar-refractivity contribution in [1.82, 2.24) is 14.1 Å². The maximum absolute atomic E-state index is 12.7. The Labute approximate surface area is 429 Å². The molecule has 0 bridgehead atoms. The van der Waals surface area contributed by atoms with E-state index in [1.165, 1.54) is 10.9 Å². The highest BCUT2D eigenvalue weighted by atomic mass is 15.3. The summed E-state index contributed by atoms with van der Waals surface area (Å²) in [5.41, 5.74) is 16.8. The van der Waals surface area contributed by atoms with Crippen molar-refractivity contribution >= 4 is 124 Å². The zero-order valence-corrected chi connectivity index (χ0v) is 40.1.